The first-order valence-electron chi connectivity index (χ1n) is 11.5. The molecule has 4 aromatic rings. The van der Waals surface area contributed by atoms with Gasteiger partial charge >= 0.3 is 0 Å². The lowest BCUT2D eigenvalue weighted by Gasteiger charge is -2.34. The quantitative estimate of drug-likeness (QED) is 0.205. The fraction of sp³-hybridized carbons (Fsp3) is 0.240. The van der Waals surface area contributed by atoms with Crippen LogP contribution in [0, 0.1) is 10.1 Å². The highest BCUT2D eigenvalue weighted by Gasteiger charge is 2.27. The van der Waals surface area contributed by atoms with Gasteiger partial charge in [-0.05, 0) is 30.3 Å². The van der Waals surface area contributed by atoms with E-state index in [1.165, 1.54) is 30.2 Å². The molecule has 5 rings (SSSR count). The number of para-hydroxylation sites is 2. The van der Waals surface area contributed by atoms with Crippen LogP contribution in [0.25, 0.3) is 16.7 Å². The summed E-state index contributed by atoms with van der Waals surface area (Å²) in [6, 6.07) is 15.2. The summed E-state index contributed by atoms with van der Waals surface area (Å²) in [7, 11) is 1.56. The van der Waals surface area contributed by atoms with Crippen LogP contribution in [0.5, 0.6) is 5.75 Å². The van der Waals surface area contributed by atoms with Crippen LogP contribution >= 0.6 is 11.8 Å². The number of aromatic nitrogens is 2. The molecule has 3 heterocycles. The number of rotatable bonds is 7. The molecular weight excluding hydrogens is 498 g/mol. The number of nitro groups is 1. The third-order valence-electron chi connectivity index (χ3n) is 6.12. The second kappa shape index (κ2) is 10.3. The summed E-state index contributed by atoms with van der Waals surface area (Å²) in [4.78, 5) is 44.4. The van der Waals surface area contributed by atoms with Crippen LogP contribution < -0.4 is 4.74 Å². The minimum Gasteiger partial charge on any atom is -0.495 e. The highest BCUT2D eigenvalue weighted by molar-refractivity contribution is 7.99. The molecule has 11 nitrogen and oxygen atoms in total. The van der Waals surface area contributed by atoms with Gasteiger partial charge in [0, 0.05) is 38.3 Å². The fourth-order valence-corrected chi connectivity index (χ4v) is 5.16. The molecule has 0 radical (unpaired) electrons. The van der Waals surface area contributed by atoms with Crippen molar-refractivity contribution in [1.82, 2.24) is 19.4 Å². The summed E-state index contributed by atoms with van der Waals surface area (Å²) in [6.07, 6.45) is 1.46. The average molecular weight is 522 g/mol. The zero-order chi connectivity index (χ0) is 25.9. The van der Waals surface area contributed by atoms with E-state index >= 15 is 0 Å². The SMILES string of the molecule is COc1ccccc1-n1c(SCC(=O)N2CCN(C(=O)c3ccco3)CC2)nc2cc([N+](=O)[O-])ccc21. The number of carbonyl (C=O) groups is 2. The number of hydrogen-bond donors (Lipinski definition) is 0. The lowest BCUT2D eigenvalue weighted by molar-refractivity contribution is -0.384. The van der Waals surface area contributed by atoms with Crippen LogP contribution in [0.15, 0.2) is 70.4 Å². The number of benzene rings is 2. The largest absolute Gasteiger partial charge is 0.495 e. The Balaban J connectivity index is 1.34. The summed E-state index contributed by atoms with van der Waals surface area (Å²) < 4.78 is 12.6. The Morgan fingerprint density at radius 2 is 1.84 bits per heavy atom. The fourth-order valence-electron chi connectivity index (χ4n) is 4.24. The van der Waals surface area contributed by atoms with Crippen molar-refractivity contribution in [2.75, 3.05) is 39.0 Å². The lowest BCUT2D eigenvalue weighted by atomic mass is 10.2. The molecule has 2 aromatic carbocycles. The summed E-state index contributed by atoms with van der Waals surface area (Å²) in [5, 5.41) is 11.8. The van der Waals surface area contributed by atoms with Gasteiger partial charge in [-0.25, -0.2) is 4.98 Å². The van der Waals surface area contributed by atoms with Crippen molar-refractivity contribution in [3.8, 4) is 11.4 Å². The molecule has 0 saturated carbocycles. The van der Waals surface area contributed by atoms with Gasteiger partial charge in [0.15, 0.2) is 10.9 Å². The Labute approximate surface area is 215 Å². The van der Waals surface area contributed by atoms with Crippen molar-refractivity contribution in [3.05, 3.63) is 76.7 Å². The number of amides is 2. The van der Waals surface area contributed by atoms with Crippen LogP contribution in [-0.2, 0) is 4.79 Å². The number of non-ortho nitro benzene ring substituents is 1. The number of imidazole rings is 1. The van der Waals surface area contributed by atoms with E-state index in [0.29, 0.717) is 53.8 Å². The van der Waals surface area contributed by atoms with E-state index in [4.69, 9.17) is 9.15 Å². The van der Waals surface area contributed by atoms with Crippen LogP contribution in [0.2, 0.25) is 0 Å². The lowest BCUT2D eigenvalue weighted by Crippen LogP contribution is -2.51. The average Bonchev–Trinajstić information content (AvgIpc) is 3.59. The maximum atomic E-state index is 13.0. The first-order valence-corrected chi connectivity index (χ1v) is 12.5. The molecule has 2 aromatic heterocycles. The van der Waals surface area contributed by atoms with E-state index < -0.39 is 4.92 Å². The van der Waals surface area contributed by atoms with Crippen molar-refractivity contribution in [2.24, 2.45) is 0 Å². The summed E-state index contributed by atoms with van der Waals surface area (Å²) >= 11 is 1.25. The molecule has 0 atom stereocenters. The molecule has 1 aliphatic heterocycles. The summed E-state index contributed by atoms with van der Waals surface area (Å²) in [5.41, 5.74) is 1.75. The highest BCUT2D eigenvalue weighted by atomic mass is 32.2. The topological polar surface area (TPSA) is 124 Å². The molecule has 0 aliphatic carbocycles. The number of ether oxygens (including phenoxy) is 1. The molecule has 0 unspecified atom stereocenters. The van der Waals surface area contributed by atoms with E-state index in [9.17, 15) is 19.7 Å². The molecule has 0 N–H and O–H groups in total. The Kier molecular flexibility index (Phi) is 6.82. The number of nitro benzene ring substituents is 1. The van der Waals surface area contributed by atoms with Gasteiger partial charge in [0.1, 0.15) is 5.75 Å². The number of carbonyl (C=O) groups excluding carboxylic acids is 2. The number of nitrogens with zero attached hydrogens (tertiary/aromatic N) is 5. The number of furan rings is 1. The van der Waals surface area contributed by atoms with Crippen LogP contribution in [0.3, 0.4) is 0 Å². The van der Waals surface area contributed by atoms with Gasteiger partial charge < -0.3 is 19.0 Å². The van der Waals surface area contributed by atoms with Crippen LogP contribution in [0.4, 0.5) is 5.69 Å². The van der Waals surface area contributed by atoms with E-state index in [1.54, 1.807) is 35.1 Å². The summed E-state index contributed by atoms with van der Waals surface area (Å²) in [5.74, 6) is 0.731. The van der Waals surface area contributed by atoms with Crippen molar-refractivity contribution in [3.63, 3.8) is 0 Å². The molecule has 1 aliphatic rings. The molecular formula is C25H23N5O6S. The predicted molar refractivity (Wildman–Crippen MR) is 136 cm³/mol. The highest BCUT2D eigenvalue weighted by Crippen LogP contribution is 2.34. The van der Waals surface area contributed by atoms with Crippen LogP contribution in [-0.4, -0.2) is 75.1 Å². The number of fused-ring (bicyclic) bond motifs is 1. The second-order valence-electron chi connectivity index (χ2n) is 8.27. The van der Waals surface area contributed by atoms with Gasteiger partial charge in [-0.2, -0.15) is 0 Å². The number of thioether (sulfide) groups is 1. The molecule has 12 heteroatoms. The van der Waals surface area contributed by atoms with Crippen molar-refractivity contribution in [1.29, 1.82) is 0 Å². The van der Waals surface area contributed by atoms with Gasteiger partial charge in [0.25, 0.3) is 11.6 Å². The predicted octanol–water partition coefficient (Wildman–Crippen LogP) is 3.61. The van der Waals surface area contributed by atoms with Gasteiger partial charge in [0.2, 0.25) is 5.91 Å². The Morgan fingerprint density at radius 3 is 2.54 bits per heavy atom. The Bertz CT molecular complexity index is 1460. The molecule has 190 valence electrons. The summed E-state index contributed by atoms with van der Waals surface area (Å²) in [6.45, 7) is 1.67. The van der Waals surface area contributed by atoms with E-state index in [-0.39, 0.29) is 29.0 Å². The minimum atomic E-state index is -0.464. The monoisotopic (exact) mass is 521 g/mol. The molecule has 0 spiro atoms. The third kappa shape index (κ3) is 4.87. The van der Waals surface area contributed by atoms with Crippen molar-refractivity contribution in [2.45, 2.75) is 5.16 Å². The van der Waals surface area contributed by atoms with Crippen LogP contribution in [0.1, 0.15) is 10.6 Å². The molecule has 1 fully saturated rings. The zero-order valence-corrected chi connectivity index (χ0v) is 20.7. The maximum Gasteiger partial charge on any atom is 0.289 e. The first-order chi connectivity index (χ1) is 18.0. The zero-order valence-electron chi connectivity index (χ0n) is 19.9. The Hall–Kier alpha value is -4.32. The third-order valence-corrected chi connectivity index (χ3v) is 7.04. The van der Waals surface area contributed by atoms with Gasteiger partial charge in [-0.1, -0.05) is 23.9 Å². The van der Waals surface area contributed by atoms with Crippen molar-refractivity contribution < 1.29 is 23.7 Å². The molecule has 1 saturated heterocycles. The number of piperazine rings is 1. The minimum absolute atomic E-state index is 0.0632. The van der Waals surface area contributed by atoms with Gasteiger partial charge in [-0.3, -0.25) is 24.3 Å². The van der Waals surface area contributed by atoms with E-state index in [2.05, 4.69) is 4.98 Å². The smallest absolute Gasteiger partial charge is 0.289 e. The standard InChI is InChI=1S/C25H23N5O6S/c1-35-21-6-3-2-5-20(21)29-19-9-8-17(30(33)34)15-18(19)26-25(29)37-16-23(31)27-10-12-28(13-11-27)24(32)22-7-4-14-36-22/h2-9,14-15H,10-13,16H2,1H3. The van der Waals surface area contributed by atoms with Gasteiger partial charge in [0.05, 0.1) is 40.8 Å². The van der Waals surface area contributed by atoms with E-state index in [0.717, 1.165) is 0 Å². The molecule has 2 amide bonds. The maximum absolute atomic E-state index is 13.0. The number of methoxy groups -OCH3 is 1. The second-order valence-corrected chi connectivity index (χ2v) is 9.21. The molecule has 0 bridgehead atoms. The molecule has 37 heavy (non-hydrogen) atoms. The first kappa shape index (κ1) is 24.4. The normalized spacial score (nSPS) is 13.6. The Morgan fingerprint density at radius 1 is 1.08 bits per heavy atom. The van der Waals surface area contributed by atoms with E-state index in [1.807, 2.05) is 28.8 Å². The van der Waals surface area contributed by atoms with Gasteiger partial charge in [-0.15, -0.1) is 0 Å². The van der Waals surface area contributed by atoms with Crippen molar-refractivity contribution >= 4 is 40.3 Å². The number of hydrogen-bond acceptors (Lipinski definition) is 8.